The van der Waals surface area contributed by atoms with E-state index in [1.54, 1.807) is 33.3 Å². The predicted molar refractivity (Wildman–Crippen MR) is 180 cm³/mol. The highest BCUT2D eigenvalue weighted by Crippen LogP contribution is 2.57. The number of benzene rings is 3. The van der Waals surface area contributed by atoms with Crippen LogP contribution in [-0.2, 0) is 22.6 Å². The molecule has 4 N–H and O–H groups in total. The van der Waals surface area contributed by atoms with Gasteiger partial charge in [0.2, 0.25) is 0 Å². The van der Waals surface area contributed by atoms with Crippen LogP contribution >= 0.6 is 10.8 Å². The van der Waals surface area contributed by atoms with Crippen LogP contribution < -0.4 is 10.1 Å². The van der Waals surface area contributed by atoms with Crippen LogP contribution in [0.3, 0.4) is 0 Å². The Bertz CT molecular complexity index is 1750. The first-order chi connectivity index (χ1) is 22.2. The molecule has 4 aromatic rings. The first kappa shape index (κ1) is 34.2. The molecule has 1 aliphatic heterocycles. The van der Waals surface area contributed by atoms with Gasteiger partial charge in [0.25, 0.3) is 0 Å². The number of alkyl carbamates (subject to hydrolysis) is 1. The SMILES string of the molecule is Cc1ccc(C(CC(=O)O)c2ccc3c(c2)nnn3CCCNC(=O)OC(C)(C)C)cc1CN1C[C@@H](C)Oc2ccccc2S1(O)O. The minimum absolute atomic E-state index is 0.143. The second-order valence-electron chi connectivity index (χ2n) is 12.9. The highest BCUT2D eigenvalue weighted by molar-refractivity contribution is 8.22. The molecule has 1 aliphatic rings. The fourth-order valence-corrected chi connectivity index (χ4v) is 7.35. The lowest BCUT2D eigenvalue weighted by Crippen LogP contribution is -2.33. The number of hydrogen-bond acceptors (Lipinski definition) is 9. The molecule has 0 radical (unpaired) electrons. The summed E-state index contributed by atoms with van der Waals surface area (Å²) in [7, 11) is -3.34. The van der Waals surface area contributed by atoms with Crippen molar-refractivity contribution in [2.45, 2.75) is 83.1 Å². The fraction of sp³-hybridized carbons (Fsp3) is 0.412. The van der Waals surface area contributed by atoms with E-state index in [4.69, 9.17) is 9.47 Å². The van der Waals surface area contributed by atoms with Crippen molar-refractivity contribution < 1.29 is 33.3 Å². The number of fused-ring (bicyclic) bond motifs is 2. The van der Waals surface area contributed by atoms with E-state index in [0.29, 0.717) is 42.2 Å². The number of nitrogens with one attached hydrogen (secondary N) is 1. The van der Waals surface area contributed by atoms with Gasteiger partial charge in [-0.05, 0) is 87.6 Å². The van der Waals surface area contributed by atoms with Gasteiger partial charge in [0.05, 0.1) is 18.5 Å². The smallest absolute Gasteiger partial charge is 0.407 e. The van der Waals surface area contributed by atoms with E-state index in [1.165, 1.54) is 0 Å². The van der Waals surface area contributed by atoms with E-state index < -0.39 is 34.4 Å². The molecule has 0 fully saturated rings. The van der Waals surface area contributed by atoms with Crippen molar-refractivity contribution in [1.29, 1.82) is 0 Å². The summed E-state index contributed by atoms with van der Waals surface area (Å²) in [5.74, 6) is -0.964. The van der Waals surface area contributed by atoms with Crippen LogP contribution in [0, 0.1) is 6.92 Å². The molecular weight excluding hydrogens is 622 g/mol. The molecule has 0 saturated heterocycles. The third kappa shape index (κ3) is 8.22. The first-order valence-electron chi connectivity index (χ1n) is 15.6. The zero-order valence-electron chi connectivity index (χ0n) is 27.3. The van der Waals surface area contributed by atoms with Crippen LogP contribution in [0.25, 0.3) is 11.0 Å². The number of rotatable bonds is 10. The molecule has 2 atom stereocenters. The molecule has 0 saturated carbocycles. The normalized spacial score (nSPS) is 17.6. The van der Waals surface area contributed by atoms with Gasteiger partial charge in [0.15, 0.2) is 0 Å². The molecule has 2 heterocycles. The van der Waals surface area contributed by atoms with Crippen LogP contribution in [0.5, 0.6) is 5.75 Å². The van der Waals surface area contributed by atoms with Crippen molar-refractivity contribution in [3.05, 3.63) is 82.9 Å². The number of carbonyl (C=O) groups is 2. The molecule has 0 bridgehead atoms. The number of hydrogen-bond donors (Lipinski definition) is 4. The lowest BCUT2D eigenvalue weighted by molar-refractivity contribution is -0.137. The Kier molecular flexibility index (Phi) is 10.1. The Hall–Kier alpha value is -4.17. The van der Waals surface area contributed by atoms with Crippen molar-refractivity contribution in [2.24, 2.45) is 0 Å². The van der Waals surface area contributed by atoms with E-state index in [1.807, 2.05) is 71.0 Å². The molecule has 5 rings (SSSR count). The Balaban J connectivity index is 1.36. The van der Waals surface area contributed by atoms with Crippen LogP contribution in [0.2, 0.25) is 0 Å². The molecule has 252 valence electrons. The van der Waals surface area contributed by atoms with Crippen molar-refractivity contribution in [3.8, 4) is 5.75 Å². The van der Waals surface area contributed by atoms with Crippen LogP contribution in [-0.4, -0.2) is 70.4 Å². The largest absolute Gasteiger partial charge is 0.487 e. The summed E-state index contributed by atoms with van der Waals surface area (Å²) in [5.41, 5.74) is 4.25. The second-order valence-corrected chi connectivity index (χ2v) is 14.9. The average molecular weight is 666 g/mol. The minimum atomic E-state index is -3.34. The number of para-hydroxylation sites is 1. The Morgan fingerprint density at radius 2 is 1.83 bits per heavy atom. The predicted octanol–water partition coefficient (Wildman–Crippen LogP) is 6.57. The summed E-state index contributed by atoms with van der Waals surface area (Å²) < 4.78 is 37.5. The minimum Gasteiger partial charge on any atom is -0.487 e. The van der Waals surface area contributed by atoms with Crippen LogP contribution in [0.1, 0.15) is 68.7 Å². The molecule has 1 aromatic heterocycles. The number of ether oxygens (including phenoxy) is 2. The molecule has 1 unspecified atom stereocenters. The Morgan fingerprint density at radius 3 is 2.57 bits per heavy atom. The maximum Gasteiger partial charge on any atom is 0.407 e. The zero-order chi connectivity index (χ0) is 33.9. The average Bonchev–Trinajstić information content (AvgIpc) is 3.36. The highest BCUT2D eigenvalue weighted by atomic mass is 32.3. The maximum atomic E-state index is 12.1. The van der Waals surface area contributed by atoms with Gasteiger partial charge >= 0.3 is 12.1 Å². The van der Waals surface area contributed by atoms with Gasteiger partial charge < -0.3 is 19.9 Å². The molecule has 3 aromatic carbocycles. The number of aryl methyl sites for hydroxylation is 2. The first-order valence-corrected chi connectivity index (χ1v) is 17.1. The van der Waals surface area contributed by atoms with Gasteiger partial charge in [-0.25, -0.2) is 9.48 Å². The van der Waals surface area contributed by atoms with Gasteiger partial charge in [-0.15, -0.1) is 15.9 Å². The fourth-order valence-electron chi connectivity index (χ4n) is 5.69. The number of carbonyl (C=O) groups excluding carboxylic acids is 1. The second kappa shape index (κ2) is 13.9. The summed E-state index contributed by atoms with van der Waals surface area (Å²) >= 11 is 0. The summed E-state index contributed by atoms with van der Waals surface area (Å²) in [6.45, 7) is 10.7. The lowest BCUT2D eigenvalue weighted by atomic mass is 9.86. The van der Waals surface area contributed by atoms with Crippen molar-refractivity contribution in [1.82, 2.24) is 24.6 Å². The van der Waals surface area contributed by atoms with Crippen molar-refractivity contribution >= 4 is 33.9 Å². The van der Waals surface area contributed by atoms with Crippen LogP contribution in [0.15, 0.2) is 65.6 Å². The van der Waals surface area contributed by atoms with Gasteiger partial charge in [-0.3, -0.25) is 13.9 Å². The number of carboxylic acids is 1. The Labute approximate surface area is 276 Å². The summed E-state index contributed by atoms with van der Waals surface area (Å²) in [5, 5.41) is 21.3. The molecule has 0 aliphatic carbocycles. The van der Waals surface area contributed by atoms with E-state index >= 15 is 0 Å². The van der Waals surface area contributed by atoms with Crippen molar-refractivity contribution in [3.63, 3.8) is 0 Å². The van der Waals surface area contributed by atoms with Gasteiger partial charge in [0.1, 0.15) is 27.9 Å². The zero-order valence-corrected chi connectivity index (χ0v) is 28.2. The summed E-state index contributed by atoms with van der Waals surface area (Å²) in [6, 6.07) is 18.5. The molecule has 12 nitrogen and oxygen atoms in total. The summed E-state index contributed by atoms with van der Waals surface area (Å²) in [6.07, 6.45) is -0.279. The number of carboxylic acid groups (broad SMARTS) is 1. The monoisotopic (exact) mass is 665 g/mol. The van der Waals surface area contributed by atoms with E-state index in [9.17, 15) is 23.8 Å². The number of amides is 1. The van der Waals surface area contributed by atoms with Crippen LogP contribution in [0.4, 0.5) is 4.79 Å². The third-order valence-electron chi connectivity index (χ3n) is 7.95. The lowest BCUT2D eigenvalue weighted by Gasteiger charge is -2.42. The standard InChI is InChI=1S/C34H43N5O7S/c1-22-11-12-24(17-26(22)21-38-20-23(2)45-30-9-6-7-10-31(30)47(38,43)44)27(19-32(40)41)25-13-14-29-28(18-25)36-37-39(29)16-8-15-35-33(42)46-34(3,4)5/h6-7,9-14,17-18,23,27,43-44H,8,15-16,19-21H2,1-5H3,(H,35,42)(H,40,41)/t23-,27?/m1/s1. The maximum absolute atomic E-state index is 12.1. The summed E-state index contributed by atoms with van der Waals surface area (Å²) in [4.78, 5) is 24.4. The number of aliphatic carboxylic acids is 1. The molecule has 0 spiro atoms. The molecule has 47 heavy (non-hydrogen) atoms. The molecule has 13 heteroatoms. The van der Waals surface area contributed by atoms with Gasteiger partial charge in [-0.2, -0.15) is 4.31 Å². The number of nitrogens with zero attached hydrogens (tertiary/aromatic N) is 4. The molecule has 1 amide bonds. The highest BCUT2D eigenvalue weighted by Gasteiger charge is 2.34. The topological polar surface area (TPSA) is 159 Å². The molecular formula is C34H43N5O7S. The number of aromatic nitrogens is 3. The van der Waals surface area contributed by atoms with E-state index in [0.717, 1.165) is 27.8 Å². The van der Waals surface area contributed by atoms with E-state index in [-0.39, 0.29) is 19.1 Å². The van der Waals surface area contributed by atoms with Gasteiger partial charge in [0, 0.05) is 25.6 Å². The quantitative estimate of drug-likeness (QED) is 0.137. The van der Waals surface area contributed by atoms with E-state index in [2.05, 4.69) is 15.6 Å². The Morgan fingerprint density at radius 1 is 1.11 bits per heavy atom. The third-order valence-corrected chi connectivity index (χ3v) is 9.88. The van der Waals surface area contributed by atoms with Gasteiger partial charge in [-0.1, -0.05) is 41.6 Å². The van der Waals surface area contributed by atoms with Crippen molar-refractivity contribution in [2.75, 3.05) is 13.1 Å².